The Bertz CT molecular complexity index is 1550. The number of allylic oxidation sites excluding steroid dienone is 2. The van der Waals surface area contributed by atoms with Gasteiger partial charge in [-0.1, -0.05) is 44.7 Å². The molecule has 4 rings (SSSR count). The number of esters is 1. The van der Waals surface area contributed by atoms with Gasteiger partial charge in [0.15, 0.2) is 11.9 Å². The Morgan fingerprint density at radius 2 is 1.86 bits per heavy atom. The number of amides is 3. The van der Waals surface area contributed by atoms with Crippen LogP contribution in [-0.2, 0) is 33.4 Å². The van der Waals surface area contributed by atoms with Gasteiger partial charge >= 0.3 is 5.97 Å². The minimum absolute atomic E-state index is 0.229. The van der Waals surface area contributed by atoms with E-state index in [0.717, 1.165) is 22.0 Å². The quantitative estimate of drug-likeness (QED) is 0.178. The fourth-order valence-electron chi connectivity index (χ4n) is 6.16. The van der Waals surface area contributed by atoms with E-state index < -0.39 is 47.7 Å². The Morgan fingerprint density at radius 3 is 2.54 bits per heavy atom. The predicted molar refractivity (Wildman–Crippen MR) is 191 cm³/mol. The second-order valence-corrected chi connectivity index (χ2v) is 13.7. The number of carbonyl (C=O) groups excluding carboxylic acids is 4. The summed E-state index contributed by atoms with van der Waals surface area (Å²) >= 11 is 0. The van der Waals surface area contributed by atoms with E-state index in [1.807, 2.05) is 57.2 Å². The van der Waals surface area contributed by atoms with Crippen molar-refractivity contribution >= 4 is 40.5 Å². The van der Waals surface area contributed by atoms with Crippen LogP contribution in [0.1, 0.15) is 90.9 Å². The molecule has 0 saturated carbocycles. The van der Waals surface area contributed by atoms with Gasteiger partial charge in [-0.15, -0.1) is 0 Å². The van der Waals surface area contributed by atoms with Gasteiger partial charge < -0.3 is 24.8 Å². The van der Waals surface area contributed by atoms with Gasteiger partial charge in [0, 0.05) is 24.5 Å². The third kappa shape index (κ3) is 10.2. The molecule has 2 saturated heterocycles. The molecule has 12 heteroatoms. The van der Waals surface area contributed by atoms with Crippen molar-refractivity contribution in [2.45, 2.75) is 104 Å². The first-order valence-electron chi connectivity index (χ1n) is 17.6. The molecule has 0 bridgehead atoms. The van der Waals surface area contributed by atoms with E-state index in [-0.39, 0.29) is 17.9 Å². The van der Waals surface area contributed by atoms with Crippen molar-refractivity contribution < 1.29 is 33.4 Å². The smallest absolute Gasteiger partial charge is 0.310 e. The molecule has 3 N–H and O–H groups in total. The zero-order chi connectivity index (χ0) is 36.4. The molecule has 2 fully saturated rings. The van der Waals surface area contributed by atoms with Crippen molar-refractivity contribution in [3.63, 3.8) is 0 Å². The fraction of sp³-hybridized carbons (Fsp3) is 0.553. The monoisotopic (exact) mass is 691 g/mol. The van der Waals surface area contributed by atoms with Crippen LogP contribution in [0, 0.1) is 11.8 Å². The molecule has 1 unspecified atom stereocenters. The molecule has 3 amide bonds. The lowest BCUT2D eigenvalue weighted by atomic mass is 9.96. The Hall–Kier alpha value is -4.13. The van der Waals surface area contributed by atoms with E-state index in [9.17, 15) is 19.2 Å². The first-order valence-corrected chi connectivity index (χ1v) is 17.6. The van der Waals surface area contributed by atoms with Crippen molar-refractivity contribution in [3.05, 3.63) is 60.5 Å². The molecule has 0 spiro atoms. The van der Waals surface area contributed by atoms with Crippen LogP contribution in [0.3, 0.4) is 0 Å². The molecule has 1 aromatic heterocycles. The summed E-state index contributed by atoms with van der Waals surface area (Å²) in [7, 11) is 0. The first-order chi connectivity index (χ1) is 23.8. The van der Waals surface area contributed by atoms with Crippen LogP contribution in [0.25, 0.3) is 16.8 Å². The van der Waals surface area contributed by atoms with E-state index in [0.29, 0.717) is 51.9 Å². The normalized spacial score (nSPS) is 19.9. The van der Waals surface area contributed by atoms with Crippen LogP contribution < -0.4 is 16.1 Å². The topological polar surface area (TPSA) is 148 Å². The summed E-state index contributed by atoms with van der Waals surface area (Å²) in [6.45, 7) is 16.0. The number of hydrogen-bond donors (Lipinski definition) is 3. The second-order valence-electron chi connectivity index (χ2n) is 13.7. The average Bonchev–Trinajstić information content (AvgIpc) is 3.55. The molecular weight excluding hydrogens is 638 g/mol. The standard InChI is InChI=1S/C38H53N5O7/c1-8-10-12-27(16-17-38(7)48-19-20-49-38)37(47)50-33(24(3)4)35(45)41-26(6)36(46)43-18-11-13-32(42-43)34(44)40-25(5)28-14-15-29-23-39-31(9-2)22-30(29)21-28/h8-10,14-15,21-27,32-33,42H,2,11-13,16-20H2,1,3-7H3,(H,40,44)(H,41,45)/b10-8+/t25-,26?,27+,32+,33+/m1/s1. The molecule has 1 aromatic carbocycles. The zero-order valence-corrected chi connectivity index (χ0v) is 30.2. The molecule has 12 nitrogen and oxygen atoms in total. The largest absolute Gasteiger partial charge is 0.452 e. The van der Waals surface area contributed by atoms with Gasteiger partial charge in [-0.3, -0.25) is 29.2 Å². The highest BCUT2D eigenvalue weighted by Gasteiger charge is 2.36. The minimum atomic E-state index is -1.09. The fourth-order valence-corrected chi connectivity index (χ4v) is 6.16. The Labute approximate surface area is 295 Å². The van der Waals surface area contributed by atoms with Gasteiger partial charge in [0.25, 0.3) is 11.8 Å². The summed E-state index contributed by atoms with van der Waals surface area (Å²) in [4.78, 5) is 57.9. The van der Waals surface area contributed by atoms with Crippen LogP contribution in [-0.4, -0.2) is 77.4 Å². The number of hydrogen-bond acceptors (Lipinski definition) is 9. The number of nitrogens with zero attached hydrogens (tertiary/aromatic N) is 2. The molecule has 2 aromatic rings. The summed E-state index contributed by atoms with van der Waals surface area (Å²) in [6.07, 6.45) is 8.74. The third-order valence-electron chi connectivity index (χ3n) is 9.27. The maximum atomic E-state index is 13.5. The predicted octanol–water partition coefficient (Wildman–Crippen LogP) is 4.75. The molecule has 50 heavy (non-hydrogen) atoms. The van der Waals surface area contributed by atoms with E-state index in [1.54, 1.807) is 33.0 Å². The Kier molecular flexibility index (Phi) is 13.7. The lowest BCUT2D eigenvalue weighted by molar-refractivity contribution is -0.167. The summed E-state index contributed by atoms with van der Waals surface area (Å²) in [5.74, 6) is -3.24. The molecular formula is C38H53N5O7. The van der Waals surface area contributed by atoms with Crippen LogP contribution in [0.4, 0.5) is 0 Å². The Balaban J connectivity index is 1.32. The number of fused-ring (bicyclic) bond motifs is 1. The maximum absolute atomic E-state index is 13.5. The zero-order valence-electron chi connectivity index (χ0n) is 30.2. The summed E-state index contributed by atoms with van der Waals surface area (Å²) in [5, 5.41) is 9.18. The van der Waals surface area contributed by atoms with Crippen molar-refractivity contribution in [2.24, 2.45) is 11.8 Å². The van der Waals surface area contributed by atoms with Gasteiger partial charge in [-0.2, -0.15) is 0 Å². The van der Waals surface area contributed by atoms with E-state index in [2.05, 4.69) is 27.6 Å². The van der Waals surface area contributed by atoms with Gasteiger partial charge in [-0.05, 0) is 88.5 Å². The number of pyridine rings is 1. The molecule has 5 atom stereocenters. The number of hydrazine groups is 1. The Morgan fingerprint density at radius 1 is 1.12 bits per heavy atom. The number of nitrogens with one attached hydrogen (secondary N) is 3. The second kappa shape index (κ2) is 17.7. The number of ether oxygens (including phenoxy) is 3. The van der Waals surface area contributed by atoms with Crippen LogP contribution >= 0.6 is 0 Å². The summed E-state index contributed by atoms with van der Waals surface area (Å²) in [6, 6.07) is 6.06. The maximum Gasteiger partial charge on any atom is 0.310 e. The highest BCUT2D eigenvalue weighted by Crippen LogP contribution is 2.28. The van der Waals surface area contributed by atoms with Crippen molar-refractivity contribution in [1.29, 1.82) is 0 Å². The van der Waals surface area contributed by atoms with Gasteiger partial charge in [0.05, 0.1) is 30.9 Å². The molecule has 0 radical (unpaired) electrons. The molecule has 3 heterocycles. The van der Waals surface area contributed by atoms with Gasteiger partial charge in [0.1, 0.15) is 12.1 Å². The minimum Gasteiger partial charge on any atom is -0.452 e. The average molecular weight is 692 g/mol. The third-order valence-corrected chi connectivity index (χ3v) is 9.27. The van der Waals surface area contributed by atoms with Gasteiger partial charge in [0.2, 0.25) is 5.91 Å². The highest BCUT2D eigenvalue weighted by molar-refractivity contribution is 5.91. The van der Waals surface area contributed by atoms with Crippen molar-refractivity contribution in [1.82, 2.24) is 26.1 Å². The number of benzene rings is 1. The van der Waals surface area contributed by atoms with Crippen LogP contribution in [0.2, 0.25) is 0 Å². The summed E-state index contributed by atoms with van der Waals surface area (Å²) in [5.41, 5.74) is 4.76. The lowest BCUT2D eigenvalue weighted by Crippen LogP contribution is -2.61. The molecule has 0 aliphatic carbocycles. The van der Waals surface area contributed by atoms with E-state index in [1.165, 1.54) is 5.01 Å². The molecule has 2 aliphatic heterocycles. The number of carbonyl (C=O) groups is 4. The van der Waals surface area contributed by atoms with E-state index in [4.69, 9.17) is 14.2 Å². The highest BCUT2D eigenvalue weighted by atomic mass is 16.7. The number of rotatable bonds is 15. The summed E-state index contributed by atoms with van der Waals surface area (Å²) < 4.78 is 17.2. The van der Waals surface area contributed by atoms with Crippen molar-refractivity contribution in [2.75, 3.05) is 19.8 Å². The van der Waals surface area contributed by atoms with Crippen LogP contribution in [0.15, 0.2) is 49.2 Å². The number of aromatic nitrogens is 1. The van der Waals surface area contributed by atoms with Crippen molar-refractivity contribution in [3.8, 4) is 0 Å². The van der Waals surface area contributed by atoms with Gasteiger partial charge in [-0.25, -0.2) is 5.43 Å². The molecule has 2 aliphatic rings. The van der Waals surface area contributed by atoms with E-state index >= 15 is 0 Å². The first kappa shape index (κ1) is 38.7. The molecule has 272 valence electrons. The SMILES string of the molecule is C=Cc1cc2cc([C@@H](C)NC(=O)[C@@H]3CCCN(C(=O)C(C)NC(=O)[C@@H](OC(=O)[C@@H](C/C=C/C)CCC4(C)OCCO4)C(C)C)N3)ccc2cn1. The lowest BCUT2D eigenvalue weighted by Gasteiger charge is -2.35. The van der Waals surface area contributed by atoms with Crippen LogP contribution in [0.5, 0.6) is 0 Å².